The molecule has 0 radical (unpaired) electrons. The number of fused-ring (bicyclic) bond motifs is 3. The second-order valence-electron chi connectivity index (χ2n) is 10.4. The van der Waals surface area contributed by atoms with Crippen LogP contribution in [0.1, 0.15) is 66.0 Å². The summed E-state index contributed by atoms with van der Waals surface area (Å²) in [6, 6.07) is 18.8. The number of allylic oxidation sites excluding steroid dienone is 3. The molecule has 0 bridgehead atoms. The van der Waals surface area contributed by atoms with Crippen molar-refractivity contribution in [1.29, 1.82) is 0 Å². The molecule has 220 valence electrons. The molecule has 0 N–H and O–H groups in total. The van der Waals surface area contributed by atoms with Crippen molar-refractivity contribution in [3.8, 4) is 0 Å². The Labute approximate surface area is 256 Å². The highest BCUT2D eigenvalue weighted by molar-refractivity contribution is 8.03. The van der Waals surface area contributed by atoms with Crippen molar-refractivity contribution in [2.45, 2.75) is 47.6 Å². The first-order valence-electron chi connectivity index (χ1n) is 14.1. The number of carbonyl (C=O) groups is 3. The third kappa shape index (κ3) is 6.78. The number of aryl methyl sites for hydroxylation is 2. The van der Waals surface area contributed by atoms with Crippen molar-refractivity contribution in [2.24, 2.45) is 5.16 Å². The normalized spacial score (nSPS) is 12.3. The number of thioether (sulfide) groups is 1. The molecule has 0 aliphatic heterocycles. The van der Waals surface area contributed by atoms with Crippen molar-refractivity contribution in [1.82, 2.24) is 4.57 Å². The van der Waals surface area contributed by atoms with Crippen molar-refractivity contribution >= 4 is 56.8 Å². The van der Waals surface area contributed by atoms with Crippen LogP contribution in [0.2, 0.25) is 0 Å². The molecule has 0 fully saturated rings. The first kappa shape index (κ1) is 31.4. The highest BCUT2D eigenvalue weighted by Gasteiger charge is 2.20. The van der Waals surface area contributed by atoms with Crippen LogP contribution < -0.4 is 0 Å². The van der Waals surface area contributed by atoms with E-state index in [9.17, 15) is 14.4 Å². The van der Waals surface area contributed by atoms with Gasteiger partial charge in [-0.05, 0) is 80.8 Å². The number of aromatic nitrogens is 1. The van der Waals surface area contributed by atoms with E-state index in [0.717, 1.165) is 50.0 Å². The number of oxime groups is 1. The second-order valence-corrected chi connectivity index (χ2v) is 11.5. The Balaban J connectivity index is 1.74. The van der Waals surface area contributed by atoms with E-state index in [1.54, 1.807) is 23.9 Å². The van der Waals surface area contributed by atoms with E-state index in [2.05, 4.69) is 29.8 Å². The summed E-state index contributed by atoms with van der Waals surface area (Å²) in [5.74, 6) is -0.446. The average Bonchev–Trinajstić information content (AvgIpc) is 3.31. The molecule has 3 aromatic carbocycles. The lowest BCUT2D eigenvalue weighted by Gasteiger charge is -2.10. The highest BCUT2D eigenvalue weighted by Crippen LogP contribution is 2.32. The van der Waals surface area contributed by atoms with Crippen molar-refractivity contribution in [3.63, 3.8) is 0 Å². The Morgan fingerprint density at radius 1 is 0.953 bits per heavy atom. The summed E-state index contributed by atoms with van der Waals surface area (Å²) in [5, 5.41) is 5.69. The van der Waals surface area contributed by atoms with Crippen LogP contribution in [0.25, 0.3) is 21.8 Å². The fourth-order valence-electron chi connectivity index (χ4n) is 5.11. The van der Waals surface area contributed by atoms with Gasteiger partial charge in [0.2, 0.25) is 5.78 Å². The molecular weight excluding hydrogens is 556 g/mol. The summed E-state index contributed by atoms with van der Waals surface area (Å²) in [5.41, 5.74) is 6.57. The fraction of sp³-hybridized carbons (Fsp3) is 0.222. The van der Waals surface area contributed by atoms with Crippen molar-refractivity contribution < 1.29 is 19.2 Å². The molecule has 1 heterocycles. The van der Waals surface area contributed by atoms with Crippen LogP contribution in [-0.4, -0.2) is 33.6 Å². The Hall–Kier alpha value is -4.49. The Bertz CT molecular complexity index is 1840. The van der Waals surface area contributed by atoms with Crippen molar-refractivity contribution in [2.75, 3.05) is 5.75 Å². The summed E-state index contributed by atoms with van der Waals surface area (Å²) in [7, 11) is 0. The van der Waals surface area contributed by atoms with Gasteiger partial charge in [-0.2, -0.15) is 0 Å². The van der Waals surface area contributed by atoms with Crippen LogP contribution in [0.3, 0.4) is 0 Å². The summed E-state index contributed by atoms with van der Waals surface area (Å²) in [4.78, 5) is 44.7. The molecule has 0 unspecified atom stereocenters. The van der Waals surface area contributed by atoms with E-state index in [4.69, 9.17) is 4.84 Å². The van der Waals surface area contributed by atoms with E-state index >= 15 is 0 Å². The minimum Gasteiger partial charge on any atom is -0.341 e. The van der Waals surface area contributed by atoms with Crippen LogP contribution in [0.15, 0.2) is 101 Å². The molecule has 43 heavy (non-hydrogen) atoms. The highest BCUT2D eigenvalue weighted by atomic mass is 32.2. The molecule has 0 saturated heterocycles. The number of hydrogen-bond donors (Lipinski definition) is 0. The summed E-state index contributed by atoms with van der Waals surface area (Å²) in [6.45, 7) is 17.7. The molecule has 1 aromatic heterocycles. The largest absolute Gasteiger partial charge is 0.341 e. The van der Waals surface area contributed by atoms with Gasteiger partial charge in [-0.25, -0.2) is 4.79 Å². The SMILES string of the molecule is C=C/C(C)=C(/SCC/C(=N\OC(C)=O)C(=O)c1ccc2c(c1)c1cc(C(=O)c3ccccc3C)ccc1n2CC)C(=C)C. The topological polar surface area (TPSA) is 77.7 Å². The third-order valence-electron chi connectivity index (χ3n) is 7.28. The van der Waals surface area contributed by atoms with Gasteiger partial charge in [0.05, 0.1) is 0 Å². The first-order valence-corrected chi connectivity index (χ1v) is 15.1. The minimum atomic E-state index is -0.602. The fourth-order valence-corrected chi connectivity index (χ4v) is 6.17. The standard InChI is InChI=1S/C36H36N2O4S/c1-8-23(5)36(22(3)4)43-19-18-31(37-42-25(7)39)35(41)27-15-17-33-30(21-27)29-20-26(14-16-32(29)38(33)9-2)34(40)28-13-11-10-12-24(28)6/h8,10-17,20-21H,1,3,9,18-19H2,2,4-7H3/b36-23+,37-31+. The molecule has 0 aliphatic rings. The first-order chi connectivity index (χ1) is 20.6. The maximum Gasteiger partial charge on any atom is 0.331 e. The van der Waals surface area contributed by atoms with Gasteiger partial charge in [0, 0.05) is 69.0 Å². The third-order valence-corrected chi connectivity index (χ3v) is 8.65. The molecule has 4 aromatic rings. The molecule has 0 saturated carbocycles. The predicted octanol–water partition coefficient (Wildman–Crippen LogP) is 8.62. The van der Waals surface area contributed by atoms with Gasteiger partial charge in [0.25, 0.3) is 0 Å². The molecule has 6 nitrogen and oxygen atoms in total. The van der Waals surface area contributed by atoms with E-state index < -0.39 is 5.97 Å². The van der Waals surface area contributed by atoms with Crippen LogP contribution >= 0.6 is 11.8 Å². The molecule has 4 rings (SSSR count). The number of carbonyl (C=O) groups excluding carboxylic acids is 3. The molecule has 0 spiro atoms. The number of nitrogens with zero attached hydrogens (tertiary/aromatic N) is 2. The molecular formula is C36H36N2O4S. The van der Waals surface area contributed by atoms with Gasteiger partial charge in [-0.1, -0.05) is 48.7 Å². The predicted molar refractivity (Wildman–Crippen MR) is 178 cm³/mol. The Morgan fingerprint density at radius 2 is 1.58 bits per heavy atom. The van der Waals surface area contributed by atoms with Crippen LogP contribution in [0.4, 0.5) is 0 Å². The van der Waals surface area contributed by atoms with Crippen LogP contribution in [0.5, 0.6) is 0 Å². The summed E-state index contributed by atoms with van der Waals surface area (Å²) in [6.07, 6.45) is 2.06. The second kappa shape index (κ2) is 13.7. The van der Waals surface area contributed by atoms with Gasteiger partial charge in [0.15, 0.2) is 5.78 Å². The quantitative estimate of drug-likeness (QED) is 0.0541. The van der Waals surface area contributed by atoms with Crippen molar-refractivity contribution in [3.05, 3.63) is 118 Å². The Kier molecular flexibility index (Phi) is 9.99. The number of benzene rings is 3. The molecule has 7 heteroatoms. The lowest BCUT2D eigenvalue weighted by molar-refractivity contribution is -0.140. The van der Waals surface area contributed by atoms with Gasteiger partial charge < -0.3 is 9.40 Å². The van der Waals surface area contributed by atoms with Gasteiger partial charge in [0.1, 0.15) is 5.71 Å². The summed E-state index contributed by atoms with van der Waals surface area (Å²) >= 11 is 1.55. The molecule has 0 aliphatic carbocycles. The van der Waals surface area contributed by atoms with Crippen LogP contribution in [0, 0.1) is 6.92 Å². The zero-order valence-electron chi connectivity index (χ0n) is 25.3. The smallest absolute Gasteiger partial charge is 0.331 e. The average molecular weight is 593 g/mol. The maximum atomic E-state index is 13.8. The van der Waals surface area contributed by atoms with E-state index in [0.29, 0.717) is 22.4 Å². The van der Waals surface area contributed by atoms with Gasteiger partial charge in [-0.15, -0.1) is 11.8 Å². The Morgan fingerprint density at radius 3 is 2.16 bits per heavy atom. The summed E-state index contributed by atoms with van der Waals surface area (Å²) < 4.78 is 2.17. The number of ketones is 2. The number of hydrogen-bond acceptors (Lipinski definition) is 6. The molecule has 0 amide bonds. The number of rotatable bonds is 12. The van der Waals surface area contributed by atoms with Gasteiger partial charge in [-0.3, -0.25) is 9.59 Å². The lowest BCUT2D eigenvalue weighted by atomic mass is 9.97. The number of Topliss-reactive ketones (excluding diaryl/α,β-unsaturated/α-hetero) is 1. The minimum absolute atomic E-state index is 0.0483. The monoisotopic (exact) mass is 592 g/mol. The zero-order valence-corrected chi connectivity index (χ0v) is 26.1. The maximum absolute atomic E-state index is 13.8. The van der Waals surface area contributed by atoms with E-state index in [1.807, 2.05) is 75.4 Å². The van der Waals surface area contributed by atoms with E-state index in [1.165, 1.54) is 6.92 Å². The van der Waals surface area contributed by atoms with Crippen LogP contribution in [-0.2, 0) is 16.2 Å². The lowest BCUT2D eigenvalue weighted by Crippen LogP contribution is -2.17. The van der Waals surface area contributed by atoms with Gasteiger partial charge >= 0.3 is 5.97 Å². The zero-order chi connectivity index (χ0) is 31.3. The van der Waals surface area contributed by atoms with E-state index in [-0.39, 0.29) is 23.7 Å². The molecule has 0 atom stereocenters.